The number of carbonyl (C=O) groups excluding carboxylic acids is 1. The number of carbonyl (C=O) groups is 2. The molecule has 0 saturated carbocycles. The molecule has 2 rings (SSSR count). The molecular weight excluding hydrogens is 272 g/mol. The summed E-state index contributed by atoms with van der Waals surface area (Å²) in [5.41, 5.74) is 0.811. The second-order valence-corrected chi connectivity index (χ2v) is 5.65. The average Bonchev–Trinajstić information content (AvgIpc) is 2.85. The van der Waals surface area contributed by atoms with Crippen LogP contribution in [0.25, 0.3) is 0 Å². The van der Waals surface area contributed by atoms with Crippen LogP contribution in [-0.4, -0.2) is 47.8 Å². The van der Waals surface area contributed by atoms with Gasteiger partial charge in [-0.15, -0.1) is 0 Å². The van der Waals surface area contributed by atoms with E-state index in [2.05, 4.69) is 5.32 Å². The van der Waals surface area contributed by atoms with Crippen LogP contribution in [-0.2, 0) is 11.3 Å². The first kappa shape index (κ1) is 15.3. The summed E-state index contributed by atoms with van der Waals surface area (Å²) in [5, 5.41) is 11.8. The number of ether oxygens (including phenoxy) is 1. The van der Waals surface area contributed by atoms with E-state index >= 15 is 0 Å². The number of amides is 2. The molecule has 2 N–H and O–H groups in total. The first-order valence-corrected chi connectivity index (χ1v) is 6.83. The van der Waals surface area contributed by atoms with Gasteiger partial charge in [0.05, 0.1) is 17.7 Å². The predicted octanol–water partition coefficient (Wildman–Crippen LogP) is 1.71. The molecule has 0 aliphatic carbocycles. The third-order valence-electron chi connectivity index (χ3n) is 3.59. The van der Waals surface area contributed by atoms with E-state index in [1.807, 2.05) is 6.92 Å². The summed E-state index contributed by atoms with van der Waals surface area (Å²) in [6, 6.07) is 6.34. The lowest BCUT2D eigenvalue weighted by Crippen LogP contribution is -2.50. The van der Waals surface area contributed by atoms with E-state index in [1.54, 1.807) is 24.1 Å². The van der Waals surface area contributed by atoms with Gasteiger partial charge in [-0.1, -0.05) is 12.1 Å². The molecular formula is C15H20N2O4. The molecule has 6 nitrogen and oxygen atoms in total. The Labute approximate surface area is 123 Å². The Hall–Kier alpha value is -2.08. The number of benzene rings is 1. The van der Waals surface area contributed by atoms with Crippen LogP contribution in [0.2, 0.25) is 0 Å². The van der Waals surface area contributed by atoms with E-state index in [9.17, 15) is 9.59 Å². The number of carboxylic acid groups (broad SMARTS) is 1. The van der Waals surface area contributed by atoms with Crippen LogP contribution in [0.4, 0.5) is 4.79 Å². The van der Waals surface area contributed by atoms with Crippen molar-refractivity contribution in [3.05, 3.63) is 35.4 Å². The number of aromatic carboxylic acids is 1. The SMILES string of the molecule is CN(Cc1ccc(C(=O)O)cc1)C(=O)NC1(C)CCOC1. The van der Waals surface area contributed by atoms with Crippen molar-refractivity contribution >= 4 is 12.0 Å². The Morgan fingerprint density at radius 1 is 1.38 bits per heavy atom. The normalized spacial score (nSPS) is 21.0. The number of rotatable bonds is 4. The maximum atomic E-state index is 12.1. The van der Waals surface area contributed by atoms with Crippen molar-refractivity contribution in [1.29, 1.82) is 0 Å². The van der Waals surface area contributed by atoms with Crippen LogP contribution in [0.5, 0.6) is 0 Å². The van der Waals surface area contributed by atoms with Crippen LogP contribution < -0.4 is 5.32 Å². The summed E-state index contributed by atoms with van der Waals surface area (Å²) in [6.45, 7) is 3.58. The summed E-state index contributed by atoms with van der Waals surface area (Å²) in [5.74, 6) is -0.957. The van der Waals surface area contributed by atoms with Crippen molar-refractivity contribution < 1.29 is 19.4 Å². The molecule has 0 radical (unpaired) electrons. The van der Waals surface area contributed by atoms with Gasteiger partial charge in [-0.05, 0) is 31.0 Å². The van der Waals surface area contributed by atoms with Crippen LogP contribution in [0, 0.1) is 0 Å². The molecule has 1 saturated heterocycles. The maximum Gasteiger partial charge on any atom is 0.335 e. The van der Waals surface area contributed by atoms with Crippen molar-refractivity contribution in [1.82, 2.24) is 10.2 Å². The van der Waals surface area contributed by atoms with Crippen LogP contribution in [0.15, 0.2) is 24.3 Å². The molecule has 0 bridgehead atoms. The quantitative estimate of drug-likeness (QED) is 0.885. The molecule has 1 atom stereocenters. The lowest BCUT2D eigenvalue weighted by molar-refractivity contribution is 0.0697. The number of hydrogen-bond acceptors (Lipinski definition) is 3. The molecule has 114 valence electrons. The zero-order chi connectivity index (χ0) is 15.5. The van der Waals surface area contributed by atoms with E-state index in [0.717, 1.165) is 12.0 Å². The van der Waals surface area contributed by atoms with Gasteiger partial charge >= 0.3 is 12.0 Å². The Kier molecular flexibility index (Phi) is 4.47. The molecule has 1 heterocycles. The fraction of sp³-hybridized carbons (Fsp3) is 0.467. The number of hydrogen-bond donors (Lipinski definition) is 2. The highest BCUT2D eigenvalue weighted by molar-refractivity contribution is 5.87. The smallest absolute Gasteiger partial charge is 0.335 e. The first-order chi connectivity index (χ1) is 9.89. The van der Waals surface area contributed by atoms with Gasteiger partial charge in [0.25, 0.3) is 0 Å². The van der Waals surface area contributed by atoms with Crippen molar-refractivity contribution in [2.24, 2.45) is 0 Å². The molecule has 1 aliphatic rings. The minimum atomic E-state index is -0.957. The minimum Gasteiger partial charge on any atom is -0.478 e. The molecule has 2 amide bonds. The van der Waals surface area contributed by atoms with Crippen molar-refractivity contribution in [2.75, 3.05) is 20.3 Å². The van der Waals surface area contributed by atoms with Gasteiger partial charge in [-0.2, -0.15) is 0 Å². The topological polar surface area (TPSA) is 78.9 Å². The Morgan fingerprint density at radius 3 is 2.57 bits per heavy atom. The van der Waals surface area contributed by atoms with Crippen molar-refractivity contribution in [3.8, 4) is 0 Å². The summed E-state index contributed by atoms with van der Waals surface area (Å²) in [7, 11) is 1.71. The molecule has 0 spiro atoms. The number of carboxylic acids is 1. The van der Waals surface area contributed by atoms with E-state index in [4.69, 9.17) is 9.84 Å². The molecule has 1 aromatic carbocycles. The molecule has 1 fully saturated rings. The number of nitrogens with one attached hydrogen (secondary N) is 1. The van der Waals surface area contributed by atoms with Gasteiger partial charge in [-0.3, -0.25) is 0 Å². The van der Waals surface area contributed by atoms with E-state index in [1.165, 1.54) is 12.1 Å². The predicted molar refractivity (Wildman–Crippen MR) is 77.2 cm³/mol. The minimum absolute atomic E-state index is 0.162. The molecule has 0 aromatic heterocycles. The highest BCUT2D eigenvalue weighted by atomic mass is 16.5. The molecule has 6 heteroatoms. The summed E-state index contributed by atoms with van der Waals surface area (Å²) in [6.07, 6.45) is 0.805. The van der Waals surface area contributed by atoms with Gasteiger partial charge < -0.3 is 20.1 Å². The van der Waals surface area contributed by atoms with Gasteiger partial charge in [0.15, 0.2) is 0 Å². The summed E-state index contributed by atoms with van der Waals surface area (Å²) in [4.78, 5) is 24.5. The Balaban J connectivity index is 1.92. The van der Waals surface area contributed by atoms with Gasteiger partial charge in [-0.25, -0.2) is 9.59 Å². The largest absolute Gasteiger partial charge is 0.478 e. The molecule has 1 unspecified atom stereocenters. The maximum absolute atomic E-state index is 12.1. The number of nitrogens with zero attached hydrogens (tertiary/aromatic N) is 1. The Morgan fingerprint density at radius 2 is 2.05 bits per heavy atom. The highest BCUT2D eigenvalue weighted by Crippen LogP contribution is 2.18. The lowest BCUT2D eigenvalue weighted by Gasteiger charge is -2.27. The van der Waals surface area contributed by atoms with Gasteiger partial charge in [0.2, 0.25) is 0 Å². The first-order valence-electron chi connectivity index (χ1n) is 6.83. The Bertz CT molecular complexity index is 521. The molecule has 21 heavy (non-hydrogen) atoms. The van der Waals surface area contributed by atoms with Crippen LogP contribution in [0.1, 0.15) is 29.3 Å². The van der Waals surface area contributed by atoms with Crippen molar-refractivity contribution in [3.63, 3.8) is 0 Å². The fourth-order valence-corrected chi connectivity index (χ4v) is 2.22. The third kappa shape index (κ3) is 3.95. The van der Waals surface area contributed by atoms with Gasteiger partial charge in [0, 0.05) is 20.2 Å². The van der Waals surface area contributed by atoms with Crippen LogP contribution >= 0.6 is 0 Å². The van der Waals surface area contributed by atoms with E-state index in [-0.39, 0.29) is 17.1 Å². The second-order valence-electron chi connectivity index (χ2n) is 5.65. The fourth-order valence-electron chi connectivity index (χ4n) is 2.22. The summed E-state index contributed by atoms with van der Waals surface area (Å²) >= 11 is 0. The van der Waals surface area contributed by atoms with E-state index in [0.29, 0.717) is 19.8 Å². The number of urea groups is 1. The van der Waals surface area contributed by atoms with Crippen molar-refractivity contribution in [2.45, 2.75) is 25.4 Å². The lowest BCUT2D eigenvalue weighted by atomic mass is 10.0. The molecule has 1 aromatic rings. The van der Waals surface area contributed by atoms with E-state index < -0.39 is 5.97 Å². The molecule has 1 aliphatic heterocycles. The van der Waals surface area contributed by atoms with Gasteiger partial charge in [0.1, 0.15) is 0 Å². The average molecular weight is 292 g/mol. The third-order valence-corrected chi connectivity index (χ3v) is 3.59. The highest BCUT2D eigenvalue weighted by Gasteiger charge is 2.32. The van der Waals surface area contributed by atoms with Crippen LogP contribution in [0.3, 0.4) is 0 Å². The zero-order valence-electron chi connectivity index (χ0n) is 12.3. The zero-order valence-corrected chi connectivity index (χ0v) is 12.3. The monoisotopic (exact) mass is 292 g/mol. The summed E-state index contributed by atoms with van der Waals surface area (Å²) < 4.78 is 5.31. The standard InChI is InChI=1S/C15H20N2O4/c1-15(7-8-21-10-15)16-14(20)17(2)9-11-3-5-12(6-4-11)13(18)19/h3-6H,7-10H2,1-2H3,(H,16,20)(H,18,19). The second kappa shape index (κ2) is 6.13.